The molecule has 1 aromatic carbocycles. The van der Waals surface area contributed by atoms with E-state index in [1.54, 1.807) is 0 Å². The molecule has 1 heteroatoms. The summed E-state index contributed by atoms with van der Waals surface area (Å²) in [5, 5.41) is 0. The predicted octanol–water partition coefficient (Wildman–Crippen LogP) is 2.55. The summed E-state index contributed by atoms with van der Waals surface area (Å²) in [6.07, 6.45) is 7.34. The Morgan fingerprint density at radius 2 is 2.13 bits per heavy atom. The maximum absolute atomic E-state index is 5.79. The smallest absolute Gasteiger partial charge is 0.0960 e. The first-order valence-corrected chi connectivity index (χ1v) is 5.09. The van der Waals surface area contributed by atoms with Crippen LogP contribution in [0, 0.1) is 0 Å². The van der Waals surface area contributed by atoms with Crippen molar-refractivity contribution in [3.8, 4) is 0 Å². The molecule has 0 fully saturated rings. The maximum Gasteiger partial charge on any atom is 0.113 e. The van der Waals surface area contributed by atoms with Gasteiger partial charge < -0.3 is 0 Å². The number of rotatable bonds is 0. The second kappa shape index (κ2) is 3.94. The van der Waals surface area contributed by atoms with Gasteiger partial charge in [0, 0.05) is 0 Å². The molecular weight excluding hydrogens is 179 g/mol. The zero-order valence-electron chi connectivity index (χ0n) is 8.96. The van der Waals surface area contributed by atoms with Crippen molar-refractivity contribution in [2.24, 2.45) is 0 Å². The fourth-order valence-corrected chi connectivity index (χ4v) is 1.84. The van der Waals surface area contributed by atoms with E-state index in [2.05, 4.69) is 37.8 Å². The van der Waals surface area contributed by atoms with Gasteiger partial charge in [0.15, 0.2) is 0 Å². The van der Waals surface area contributed by atoms with Crippen molar-refractivity contribution in [3.05, 3.63) is 59.7 Å². The normalized spacial score (nSPS) is 20.9. The zero-order chi connectivity index (χ0) is 10.8. The standard InChI is InChI=1S/C14H13B/c1-10-4-3-5-12-6-7-13(15)9-14(12)11(2)8-10/h3-4,6-9H,2,5H2,1H3/b4-3-,10-8-. The summed E-state index contributed by atoms with van der Waals surface area (Å²) < 4.78 is 0. The van der Waals surface area contributed by atoms with Gasteiger partial charge in [-0.05, 0) is 30.0 Å². The van der Waals surface area contributed by atoms with Crippen LogP contribution in [0.5, 0.6) is 0 Å². The molecule has 0 saturated heterocycles. The van der Waals surface area contributed by atoms with Crippen LogP contribution >= 0.6 is 0 Å². The van der Waals surface area contributed by atoms with Gasteiger partial charge in [-0.25, -0.2) is 0 Å². The molecule has 0 heterocycles. The minimum absolute atomic E-state index is 0.797. The Kier molecular flexibility index (Phi) is 2.63. The molecule has 72 valence electrons. The Balaban J connectivity index is 2.56. The van der Waals surface area contributed by atoms with E-state index in [0.29, 0.717) is 0 Å². The van der Waals surface area contributed by atoms with Gasteiger partial charge in [-0.2, -0.15) is 0 Å². The van der Waals surface area contributed by atoms with Crippen molar-refractivity contribution in [1.82, 2.24) is 0 Å². The highest BCUT2D eigenvalue weighted by Crippen LogP contribution is 2.22. The first kappa shape index (κ1) is 10.0. The topological polar surface area (TPSA) is 0 Å². The van der Waals surface area contributed by atoms with E-state index < -0.39 is 0 Å². The third-order valence-electron chi connectivity index (χ3n) is 2.60. The average Bonchev–Trinajstić information content (AvgIpc) is 2.18. The monoisotopic (exact) mass is 192 g/mol. The van der Waals surface area contributed by atoms with Crippen molar-refractivity contribution in [3.63, 3.8) is 0 Å². The van der Waals surface area contributed by atoms with Crippen LogP contribution in [0.3, 0.4) is 0 Å². The molecule has 15 heavy (non-hydrogen) atoms. The maximum atomic E-state index is 5.79. The van der Waals surface area contributed by atoms with Crippen molar-refractivity contribution in [2.75, 3.05) is 0 Å². The number of fused-ring (bicyclic) bond motifs is 1. The van der Waals surface area contributed by atoms with Crippen LogP contribution < -0.4 is 5.46 Å². The van der Waals surface area contributed by atoms with Gasteiger partial charge in [0.1, 0.15) is 7.85 Å². The van der Waals surface area contributed by atoms with Crippen LogP contribution in [-0.2, 0) is 6.42 Å². The molecule has 2 rings (SSSR count). The number of benzene rings is 1. The van der Waals surface area contributed by atoms with Gasteiger partial charge in [0.2, 0.25) is 0 Å². The van der Waals surface area contributed by atoms with E-state index in [1.165, 1.54) is 16.7 Å². The third kappa shape index (κ3) is 2.12. The minimum atomic E-state index is 0.797. The highest BCUT2D eigenvalue weighted by molar-refractivity contribution is 6.32. The molecule has 2 radical (unpaired) electrons. The van der Waals surface area contributed by atoms with E-state index in [1.807, 2.05) is 12.1 Å². The lowest BCUT2D eigenvalue weighted by atomic mass is 9.87. The molecule has 0 spiro atoms. The van der Waals surface area contributed by atoms with Crippen LogP contribution in [-0.4, -0.2) is 7.85 Å². The summed E-state index contributed by atoms with van der Waals surface area (Å²) in [6, 6.07) is 6.02. The van der Waals surface area contributed by atoms with Gasteiger partial charge in [-0.15, -0.1) is 0 Å². The van der Waals surface area contributed by atoms with E-state index in [0.717, 1.165) is 17.5 Å². The van der Waals surface area contributed by atoms with E-state index >= 15 is 0 Å². The Bertz CT molecular complexity index is 464. The van der Waals surface area contributed by atoms with E-state index in [4.69, 9.17) is 7.85 Å². The predicted molar refractivity (Wildman–Crippen MR) is 67.5 cm³/mol. The summed E-state index contributed by atoms with van der Waals surface area (Å²) in [7, 11) is 5.79. The quantitative estimate of drug-likeness (QED) is 0.554. The first-order chi connectivity index (χ1) is 7.16. The van der Waals surface area contributed by atoms with Gasteiger partial charge >= 0.3 is 0 Å². The molecule has 1 aliphatic carbocycles. The van der Waals surface area contributed by atoms with E-state index in [9.17, 15) is 0 Å². The molecule has 0 saturated carbocycles. The van der Waals surface area contributed by atoms with Gasteiger partial charge in [-0.3, -0.25) is 0 Å². The van der Waals surface area contributed by atoms with E-state index in [-0.39, 0.29) is 0 Å². The Hall–Kier alpha value is -1.50. The van der Waals surface area contributed by atoms with Crippen LogP contribution in [0.15, 0.2) is 48.6 Å². The van der Waals surface area contributed by atoms with Crippen LogP contribution in [0.2, 0.25) is 0 Å². The molecule has 1 aromatic rings. The second-order valence-corrected chi connectivity index (χ2v) is 3.94. The molecular formula is C14H13B. The van der Waals surface area contributed by atoms with Gasteiger partial charge in [0.25, 0.3) is 0 Å². The minimum Gasteiger partial charge on any atom is -0.0960 e. The lowest BCUT2D eigenvalue weighted by Gasteiger charge is -2.12. The summed E-state index contributed by atoms with van der Waals surface area (Å²) in [5.74, 6) is 0. The second-order valence-electron chi connectivity index (χ2n) is 3.94. The summed E-state index contributed by atoms with van der Waals surface area (Å²) in [4.78, 5) is 0. The lowest BCUT2D eigenvalue weighted by molar-refractivity contribution is 1.24. The highest BCUT2D eigenvalue weighted by Gasteiger charge is 2.05. The van der Waals surface area contributed by atoms with Gasteiger partial charge in [-0.1, -0.05) is 54.0 Å². The molecule has 0 nitrogen and oxygen atoms in total. The summed E-state index contributed by atoms with van der Waals surface area (Å²) in [5.41, 5.74) is 5.52. The zero-order valence-corrected chi connectivity index (χ0v) is 8.96. The SMILES string of the molecule is [B]c1ccc2c(c1)C(=C)/C=C(C)\C=C/C2. The van der Waals surface area contributed by atoms with Crippen LogP contribution in [0.25, 0.3) is 5.57 Å². The molecule has 0 amide bonds. The van der Waals surface area contributed by atoms with Crippen molar-refractivity contribution >= 4 is 18.9 Å². The summed E-state index contributed by atoms with van der Waals surface area (Å²) in [6.45, 7) is 6.17. The molecule has 1 aliphatic rings. The Labute approximate surface area is 92.4 Å². The number of hydrogen-bond donors (Lipinski definition) is 0. The van der Waals surface area contributed by atoms with Crippen molar-refractivity contribution < 1.29 is 0 Å². The number of allylic oxidation sites excluding steroid dienone is 5. The van der Waals surface area contributed by atoms with Crippen LogP contribution in [0.4, 0.5) is 0 Å². The molecule has 0 N–H and O–H groups in total. The summed E-state index contributed by atoms with van der Waals surface area (Å²) >= 11 is 0. The molecule has 0 bridgehead atoms. The molecule has 0 atom stereocenters. The molecule has 0 aliphatic heterocycles. The fraction of sp³-hybridized carbons (Fsp3) is 0.143. The molecule has 0 unspecified atom stereocenters. The van der Waals surface area contributed by atoms with Crippen molar-refractivity contribution in [2.45, 2.75) is 13.3 Å². The Morgan fingerprint density at radius 1 is 1.33 bits per heavy atom. The fourth-order valence-electron chi connectivity index (χ4n) is 1.84. The number of hydrogen-bond acceptors (Lipinski definition) is 0. The first-order valence-electron chi connectivity index (χ1n) is 5.09. The highest BCUT2D eigenvalue weighted by atomic mass is 14.1. The Morgan fingerprint density at radius 3 is 2.93 bits per heavy atom. The van der Waals surface area contributed by atoms with Crippen molar-refractivity contribution in [1.29, 1.82) is 0 Å². The van der Waals surface area contributed by atoms with Crippen LogP contribution in [0.1, 0.15) is 18.1 Å². The largest absolute Gasteiger partial charge is 0.113 e. The third-order valence-corrected chi connectivity index (χ3v) is 2.60. The lowest BCUT2D eigenvalue weighted by Crippen LogP contribution is -2.05. The average molecular weight is 192 g/mol. The van der Waals surface area contributed by atoms with Gasteiger partial charge in [0.05, 0.1) is 0 Å². The molecule has 0 aromatic heterocycles.